The lowest BCUT2D eigenvalue weighted by molar-refractivity contribution is -0.140. The Bertz CT molecular complexity index is 1040. The molecular formula is C27H30N2O2S. The molecule has 0 unspecified atom stereocenters. The van der Waals surface area contributed by atoms with Crippen molar-refractivity contribution in [3.63, 3.8) is 0 Å². The van der Waals surface area contributed by atoms with Gasteiger partial charge in [-0.15, -0.1) is 11.3 Å². The molecule has 2 heterocycles. The van der Waals surface area contributed by atoms with Gasteiger partial charge in [0.1, 0.15) is 0 Å². The van der Waals surface area contributed by atoms with Crippen LogP contribution < -0.4 is 5.32 Å². The standard InChI is InChI=1S/C27H30N2O2S/c1-28-26(31)27(20-22-9-5-10-23(19-22)24-11-6-18-32-24)14-16-29(17-15-27)25(30)13-12-21-7-3-2-4-8-21/h2-11,18-19H,12-17,20H2,1H3,(H,28,31). The highest BCUT2D eigenvalue weighted by Gasteiger charge is 2.41. The number of aryl methyl sites for hydroxylation is 1. The number of rotatable bonds is 7. The molecule has 0 spiro atoms. The van der Waals surface area contributed by atoms with Gasteiger partial charge in [0, 0.05) is 31.4 Å². The van der Waals surface area contributed by atoms with Gasteiger partial charge in [-0.25, -0.2) is 0 Å². The quantitative estimate of drug-likeness (QED) is 0.559. The maximum absolute atomic E-state index is 13.0. The molecule has 0 radical (unpaired) electrons. The van der Waals surface area contributed by atoms with Gasteiger partial charge in [-0.1, -0.05) is 60.7 Å². The van der Waals surface area contributed by atoms with Crippen molar-refractivity contribution in [3.8, 4) is 10.4 Å². The highest BCUT2D eigenvalue weighted by atomic mass is 32.1. The van der Waals surface area contributed by atoms with Gasteiger partial charge in [-0.05, 0) is 53.8 Å². The Kier molecular flexibility index (Phi) is 7.05. The van der Waals surface area contributed by atoms with Crippen LogP contribution in [0.4, 0.5) is 0 Å². The molecule has 166 valence electrons. The normalized spacial score (nSPS) is 15.3. The van der Waals surface area contributed by atoms with Gasteiger partial charge in [0.05, 0.1) is 5.41 Å². The van der Waals surface area contributed by atoms with Crippen LogP contribution in [0.15, 0.2) is 72.1 Å². The number of amides is 2. The van der Waals surface area contributed by atoms with Gasteiger partial charge < -0.3 is 10.2 Å². The Balaban J connectivity index is 1.42. The zero-order valence-electron chi connectivity index (χ0n) is 18.5. The average molecular weight is 447 g/mol. The van der Waals surface area contributed by atoms with E-state index in [9.17, 15) is 9.59 Å². The molecule has 1 aliphatic rings. The summed E-state index contributed by atoms with van der Waals surface area (Å²) in [5, 5.41) is 4.97. The van der Waals surface area contributed by atoms with Gasteiger partial charge in [0.2, 0.25) is 11.8 Å². The summed E-state index contributed by atoms with van der Waals surface area (Å²) in [5.41, 5.74) is 3.07. The third-order valence-corrected chi connectivity index (χ3v) is 7.45. The van der Waals surface area contributed by atoms with Crippen LogP contribution in [0.2, 0.25) is 0 Å². The van der Waals surface area contributed by atoms with E-state index in [1.54, 1.807) is 18.4 Å². The molecule has 0 atom stereocenters. The molecule has 2 amide bonds. The van der Waals surface area contributed by atoms with Crippen LogP contribution in [-0.2, 0) is 22.4 Å². The first-order valence-corrected chi connectivity index (χ1v) is 12.1. The number of benzene rings is 2. The van der Waals surface area contributed by atoms with Gasteiger partial charge in [-0.3, -0.25) is 9.59 Å². The summed E-state index contributed by atoms with van der Waals surface area (Å²) in [4.78, 5) is 28.9. The van der Waals surface area contributed by atoms with Crippen LogP contribution in [0.5, 0.6) is 0 Å². The van der Waals surface area contributed by atoms with Crippen molar-refractivity contribution in [1.82, 2.24) is 10.2 Å². The monoisotopic (exact) mass is 446 g/mol. The van der Waals surface area contributed by atoms with E-state index in [0.29, 0.717) is 38.8 Å². The first-order valence-electron chi connectivity index (χ1n) is 11.3. The van der Waals surface area contributed by atoms with Gasteiger partial charge >= 0.3 is 0 Å². The SMILES string of the molecule is CNC(=O)C1(Cc2cccc(-c3cccs3)c2)CCN(C(=O)CCc2ccccc2)CC1. The molecule has 2 aromatic carbocycles. The van der Waals surface area contributed by atoms with Crippen molar-refractivity contribution in [2.75, 3.05) is 20.1 Å². The van der Waals surface area contributed by atoms with E-state index in [4.69, 9.17) is 0 Å². The minimum atomic E-state index is -0.473. The molecule has 0 bridgehead atoms. The van der Waals surface area contributed by atoms with Crippen LogP contribution in [0.3, 0.4) is 0 Å². The Morgan fingerprint density at radius 2 is 1.72 bits per heavy atom. The van der Waals surface area contributed by atoms with E-state index in [2.05, 4.69) is 59.2 Å². The van der Waals surface area contributed by atoms with Crippen molar-refractivity contribution >= 4 is 23.2 Å². The molecule has 32 heavy (non-hydrogen) atoms. The third kappa shape index (κ3) is 5.10. The molecule has 1 aromatic heterocycles. The molecule has 0 saturated carbocycles. The van der Waals surface area contributed by atoms with E-state index in [1.165, 1.54) is 21.6 Å². The predicted octanol–water partition coefficient (Wildman–Crippen LogP) is 4.95. The third-order valence-electron chi connectivity index (χ3n) is 6.53. The number of nitrogens with one attached hydrogen (secondary N) is 1. The predicted molar refractivity (Wildman–Crippen MR) is 131 cm³/mol. The summed E-state index contributed by atoms with van der Waals surface area (Å²) in [6, 6.07) is 22.8. The topological polar surface area (TPSA) is 49.4 Å². The number of thiophene rings is 1. The smallest absolute Gasteiger partial charge is 0.226 e. The van der Waals surface area contributed by atoms with E-state index in [1.807, 2.05) is 23.1 Å². The molecule has 1 N–H and O–H groups in total. The number of piperidine rings is 1. The fourth-order valence-corrected chi connectivity index (χ4v) is 5.38. The number of likely N-dealkylation sites (tertiary alicyclic amines) is 1. The number of carbonyl (C=O) groups excluding carboxylic acids is 2. The van der Waals surface area contributed by atoms with E-state index >= 15 is 0 Å². The molecule has 1 aliphatic heterocycles. The molecular weight excluding hydrogens is 416 g/mol. The van der Waals surface area contributed by atoms with E-state index in [0.717, 1.165) is 6.42 Å². The number of hydrogen-bond donors (Lipinski definition) is 1. The first kappa shape index (κ1) is 22.3. The number of hydrogen-bond acceptors (Lipinski definition) is 3. The highest BCUT2D eigenvalue weighted by Crippen LogP contribution is 2.37. The second-order valence-corrected chi connectivity index (χ2v) is 9.53. The fourth-order valence-electron chi connectivity index (χ4n) is 4.66. The average Bonchev–Trinajstić information content (AvgIpc) is 3.38. The Hall–Kier alpha value is -2.92. The van der Waals surface area contributed by atoms with Crippen LogP contribution in [-0.4, -0.2) is 36.9 Å². The van der Waals surface area contributed by atoms with Crippen molar-refractivity contribution in [3.05, 3.63) is 83.2 Å². The van der Waals surface area contributed by atoms with Crippen molar-refractivity contribution in [1.29, 1.82) is 0 Å². The maximum Gasteiger partial charge on any atom is 0.226 e. The lowest BCUT2D eigenvalue weighted by Crippen LogP contribution is -2.50. The summed E-state index contributed by atoms with van der Waals surface area (Å²) in [7, 11) is 1.71. The van der Waals surface area contributed by atoms with Crippen molar-refractivity contribution < 1.29 is 9.59 Å². The molecule has 3 aromatic rings. The summed E-state index contributed by atoms with van der Waals surface area (Å²) < 4.78 is 0. The molecule has 4 rings (SSSR count). The molecule has 5 heteroatoms. The van der Waals surface area contributed by atoms with Crippen molar-refractivity contribution in [2.24, 2.45) is 5.41 Å². The van der Waals surface area contributed by atoms with E-state index < -0.39 is 5.41 Å². The zero-order valence-corrected chi connectivity index (χ0v) is 19.4. The highest BCUT2D eigenvalue weighted by molar-refractivity contribution is 7.13. The Labute approximate surface area is 194 Å². The lowest BCUT2D eigenvalue weighted by atomic mass is 9.72. The zero-order chi connectivity index (χ0) is 22.4. The summed E-state index contributed by atoms with van der Waals surface area (Å²) in [5.74, 6) is 0.259. The second kappa shape index (κ2) is 10.1. The Morgan fingerprint density at radius 3 is 2.41 bits per heavy atom. The summed E-state index contributed by atoms with van der Waals surface area (Å²) in [6.45, 7) is 1.26. The first-order chi connectivity index (χ1) is 15.6. The minimum Gasteiger partial charge on any atom is -0.359 e. The largest absolute Gasteiger partial charge is 0.359 e. The van der Waals surface area contributed by atoms with Crippen LogP contribution in [0.1, 0.15) is 30.4 Å². The van der Waals surface area contributed by atoms with Gasteiger partial charge in [0.25, 0.3) is 0 Å². The number of carbonyl (C=O) groups is 2. The fraction of sp³-hybridized carbons (Fsp3) is 0.333. The summed E-state index contributed by atoms with van der Waals surface area (Å²) in [6.07, 6.45) is 3.34. The van der Waals surface area contributed by atoms with Crippen LogP contribution >= 0.6 is 11.3 Å². The Morgan fingerprint density at radius 1 is 0.969 bits per heavy atom. The summed E-state index contributed by atoms with van der Waals surface area (Å²) >= 11 is 1.72. The molecule has 1 fully saturated rings. The van der Waals surface area contributed by atoms with Crippen LogP contribution in [0, 0.1) is 5.41 Å². The van der Waals surface area contributed by atoms with Crippen LogP contribution in [0.25, 0.3) is 10.4 Å². The molecule has 4 nitrogen and oxygen atoms in total. The molecule has 1 saturated heterocycles. The number of nitrogens with zero attached hydrogens (tertiary/aromatic N) is 1. The van der Waals surface area contributed by atoms with E-state index in [-0.39, 0.29) is 11.8 Å². The minimum absolute atomic E-state index is 0.0791. The lowest BCUT2D eigenvalue weighted by Gasteiger charge is -2.40. The second-order valence-electron chi connectivity index (χ2n) is 8.58. The van der Waals surface area contributed by atoms with Gasteiger partial charge in [-0.2, -0.15) is 0 Å². The maximum atomic E-state index is 13.0. The van der Waals surface area contributed by atoms with Gasteiger partial charge in [0.15, 0.2) is 0 Å². The molecule has 0 aliphatic carbocycles. The van der Waals surface area contributed by atoms with Crippen molar-refractivity contribution in [2.45, 2.75) is 32.1 Å².